The van der Waals surface area contributed by atoms with Crippen LogP contribution in [0.1, 0.15) is 0 Å². The zero-order valence-electron chi connectivity index (χ0n) is 8.43. The van der Waals surface area contributed by atoms with Crippen LogP contribution in [0.3, 0.4) is 0 Å². The molecule has 5 heteroatoms. The fraction of sp³-hybridized carbons (Fsp3) is 0.200. The van der Waals surface area contributed by atoms with Gasteiger partial charge in [0, 0.05) is 6.07 Å². The Bertz CT molecular complexity index is 418. The third-order valence-corrected chi connectivity index (χ3v) is 1.85. The van der Waals surface area contributed by atoms with E-state index < -0.39 is 0 Å². The summed E-state index contributed by atoms with van der Waals surface area (Å²) in [6.45, 7) is 0. The lowest BCUT2D eigenvalue weighted by molar-refractivity contribution is 0.352. The molecule has 0 unspecified atom stereocenters. The van der Waals surface area contributed by atoms with Crippen LogP contribution in [0.4, 0.5) is 0 Å². The molecule has 5 nitrogen and oxygen atoms in total. The van der Waals surface area contributed by atoms with Crippen LogP contribution in [-0.4, -0.2) is 24.2 Å². The van der Waals surface area contributed by atoms with Gasteiger partial charge in [-0.1, -0.05) is 0 Å². The van der Waals surface area contributed by atoms with Crippen molar-refractivity contribution in [3.63, 3.8) is 0 Å². The van der Waals surface area contributed by atoms with E-state index in [9.17, 15) is 0 Å². The average molecular weight is 206 g/mol. The fourth-order valence-corrected chi connectivity index (χ4v) is 1.15. The Morgan fingerprint density at radius 2 is 2.07 bits per heavy atom. The standard InChI is InChI=1S/C10H10N2O3/c1-13-9-6-7(8-4-3-5-15-8)11-10(12-9)14-2/h3-6H,1-2H3. The normalized spacial score (nSPS) is 10.0. The Hall–Kier alpha value is -2.04. The minimum Gasteiger partial charge on any atom is -0.481 e. The molecule has 0 radical (unpaired) electrons. The molecule has 78 valence electrons. The summed E-state index contributed by atoms with van der Waals surface area (Å²) in [7, 11) is 3.04. The molecule has 2 heterocycles. The van der Waals surface area contributed by atoms with Gasteiger partial charge in [-0.15, -0.1) is 0 Å². The molecule has 0 atom stereocenters. The number of methoxy groups -OCH3 is 2. The summed E-state index contributed by atoms with van der Waals surface area (Å²) in [5.41, 5.74) is 0.628. The van der Waals surface area contributed by atoms with E-state index in [0.717, 1.165) is 0 Å². The van der Waals surface area contributed by atoms with Crippen molar-refractivity contribution in [2.75, 3.05) is 14.2 Å². The zero-order chi connectivity index (χ0) is 10.7. The number of hydrogen-bond acceptors (Lipinski definition) is 5. The van der Waals surface area contributed by atoms with Crippen molar-refractivity contribution in [3.05, 3.63) is 24.5 Å². The van der Waals surface area contributed by atoms with Gasteiger partial charge in [0.25, 0.3) is 0 Å². The Balaban J connectivity index is 2.47. The maximum absolute atomic E-state index is 5.22. The summed E-state index contributed by atoms with van der Waals surface area (Å²) in [5, 5.41) is 0. The van der Waals surface area contributed by atoms with Gasteiger partial charge in [0.05, 0.1) is 20.5 Å². The highest BCUT2D eigenvalue weighted by atomic mass is 16.5. The largest absolute Gasteiger partial charge is 0.481 e. The van der Waals surface area contributed by atoms with Crippen LogP contribution in [0.15, 0.2) is 28.9 Å². The molecule has 2 aromatic rings. The third kappa shape index (κ3) is 1.90. The van der Waals surface area contributed by atoms with Crippen molar-refractivity contribution in [2.45, 2.75) is 0 Å². The van der Waals surface area contributed by atoms with Crippen LogP contribution in [0.5, 0.6) is 11.9 Å². The van der Waals surface area contributed by atoms with E-state index in [4.69, 9.17) is 13.9 Å². The molecule has 0 N–H and O–H groups in total. The number of ether oxygens (including phenoxy) is 2. The lowest BCUT2D eigenvalue weighted by Crippen LogP contribution is -1.96. The molecule has 0 fully saturated rings. The van der Waals surface area contributed by atoms with Crippen LogP contribution in [0.2, 0.25) is 0 Å². The van der Waals surface area contributed by atoms with Crippen molar-refractivity contribution in [2.24, 2.45) is 0 Å². The Morgan fingerprint density at radius 3 is 2.67 bits per heavy atom. The van der Waals surface area contributed by atoms with Gasteiger partial charge in [-0.25, -0.2) is 0 Å². The Labute approximate surface area is 86.7 Å². The lowest BCUT2D eigenvalue weighted by atomic mass is 10.3. The second-order valence-corrected chi connectivity index (χ2v) is 2.76. The second-order valence-electron chi connectivity index (χ2n) is 2.76. The minimum absolute atomic E-state index is 0.251. The Morgan fingerprint density at radius 1 is 1.20 bits per heavy atom. The van der Waals surface area contributed by atoms with E-state index in [0.29, 0.717) is 17.3 Å². The van der Waals surface area contributed by atoms with Crippen molar-refractivity contribution in [1.29, 1.82) is 0 Å². The highest BCUT2D eigenvalue weighted by molar-refractivity contribution is 5.53. The van der Waals surface area contributed by atoms with E-state index in [1.807, 2.05) is 0 Å². The molecule has 0 aliphatic heterocycles. The molecular weight excluding hydrogens is 196 g/mol. The van der Waals surface area contributed by atoms with Crippen molar-refractivity contribution in [3.8, 4) is 23.3 Å². The maximum Gasteiger partial charge on any atom is 0.320 e. The number of rotatable bonds is 3. The van der Waals surface area contributed by atoms with Crippen molar-refractivity contribution >= 4 is 0 Å². The van der Waals surface area contributed by atoms with Gasteiger partial charge in [0.15, 0.2) is 5.76 Å². The quantitative estimate of drug-likeness (QED) is 0.765. The summed E-state index contributed by atoms with van der Waals surface area (Å²) < 4.78 is 15.2. The number of hydrogen-bond donors (Lipinski definition) is 0. The van der Waals surface area contributed by atoms with Gasteiger partial charge >= 0.3 is 6.01 Å². The molecule has 2 rings (SSSR count). The van der Waals surface area contributed by atoms with E-state index >= 15 is 0 Å². The smallest absolute Gasteiger partial charge is 0.320 e. The molecule has 0 saturated heterocycles. The van der Waals surface area contributed by atoms with Gasteiger partial charge in [-0.05, 0) is 12.1 Å². The monoisotopic (exact) mass is 206 g/mol. The Kier molecular flexibility index (Phi) is 2.53. The molecule has 0 spiro atoms. The summed E-state index contributed by atoms with van der Waals surface area (Å²) in [5.74, 6) is 1.09. The molecule has 2 aromatic heterocycles. The van der Waals surface area contributed by atoms with E-state index in [-0.39, 0.29) is 6.01 Å². The van der Waals surface area contributed by atoms with E-state index in [2.05, 4.69) is 9.97 Å². The first kappa shape index (κ1) is 9.51. The number of nitrogens with zero attached hydrogens (tertiary/aromatic N) is 2. The van der Waals surface area contributed by atoms with E-state index in [1.165, 1.54) is 14.2 Å². The van der Waals surface area contributed by atoms with Crippen LogP contribution >= 0.6 is 0 Å². The first-order valence-corrected chi connectivity index (χ1v) is 4.34. The van der Waals surface area contributed by atoms with Crippen LogP contribution in [-0.2, 0) is 0 Å². The molecule has 0 amide bonds. The highest BCUT2D eigenvalue weighted by Crippen LogP contribution is 2.23. The average Bonchev–Trinajstić information content (AvgIpc) is 2.81. The fourth-order valence-electron chi connectivity index (χ4n) is 1.15. The molecule has 0 aliphatic carbocycles. The topological polar surface area (TPSA) is 57.4 Å². The van der Waals surface area contributed by atoms with Gasteiger partial charge in [0.2, 0.25) is 5.88 Å². The highest BCUT2D eigenvalue weighted by Gasteiger charge is 2.08. The van der Waals surface area contributed by atoms with Gasteiger partial charge in [-0.2, -0.15) is 9.97 Å². The molecule has 0 aromatic carbocycles. The van der Waals surface area contributed by atoms with Crippen LogP contribution < -0.4 is 9.47 Å². The molecule has 0 saturated carbocycles. The molecule has 0 aliphatic rings. The summed E-state index contributed by atoms with van der Waals surface area (Å²) in [6, 6.07) is 5.53. The third-order valence-electron chi connectivity index (χ3n) is 1.85. The van der Waals surface area contributed by atoms with Crippen molar-refractivity contribution in [1.82, 2.24) is 9.97 Å². The van der Waals surface area contributed by atoms with Crippen LogP contribution in [0.25, 0.3) is 11.5 Å². The predicted octanol–water partition coefficient (Wildman–Crippen LogP) is 1.75. The first-order chi connectivity index (χ1) is 7.33. The molecule has 15 heavy (non-hydrogen) atoms. The second kappa shape index (κ2) is 4.00. The maximum atomic E-state index is 5.22. The summed E-state index contributed by atoms with van der Waals surface area (Å²) >= 11 is 0. The number of furan rings is 1. The molecule has 0 bridgehead atoms. The minimum atomic E-state index is 0.251. The van der Waals surface area contributed by atoms with E-state index in [1.54, 1.807) is 24.5 Å². The SMILES string of the molecule is COc1cc(-c2ccco2)nc(OC)n1. The van der Waals surface area contributed by atoms with Crippen LogP contribution in [0, 0.1) is 0 Å². The van der Waals surface area contributed by atoms with Gasteiger partial charge in [-0.3, -0.25) is 0 Å². The lowest BCUT2D eigenvalue weighted by Gasteiger charge is -2.03. The van der Waals surface area contributed by atoms with Gasteiger partial charge < -0.3 is 13.9 Å². The first-order valence-electron chi connectivity index (χ1n) is 4.34. The molecular formula is C10H10N2O3. The summed E-state index contributed by atoms with van der Waals surface area (Å²) in [6.07, 6.45) is 1.58. The zero-order valence-corrected chi connectivity index (χ0v) is 8.43. The van der Waals surface area contributed by atoms with Crippen molar-refractivity contribution < 1.29 is 13.9 Å². The summed E-state index contributed by atoms with van der Waals surface area (Å²) in [4.78, 5) is 8.12. The predicted molar refractivity (Wildman–Crippen MR) is 52.8 cm³/mol. The number of aromatic nitrogens is 2. The van der Waals surface area contributed by atoms with Gasteiger partial charge in [0.1, 0.15) is 5.69 Å².